The van der Waals surface area contributed by atoms with Crippen LogP contribution < -0.4 is 5.32 Å². The van der Waals surface area contributed by atoms with Gasteiger partial charge in [-0.05, 0) is 33.4 Å². The number of rotatable bonds is 6. The van der Waals surface area contributed by atoms with Gasteiger partial charge in [-0.1, -0.05) is 0 Å². The fourth-order valence-corrected chi connectivity index (χ4v) is 1.80. The average molecular weight is 258 g/mol. The van der Waals surface area contributed by atoms with Crippen LogP contribution in [-0.4, -0.2) is 62.9 Å². The van der Waals surface area contributed by atoms with E-state index in [0.29, 0.717) is 13.2 Å². The van der Waals surface area contributed by atoms with Crippen LogP contribution in [0.2, 0.25) is 0 Å². The number of nitrogens with zero attached hydrogens (tertiary/aromatic N) is 1. The van der Waals surface area contributed by atoms with Gasteiger partial charge in [-0.25, -0.2) is 0 Å². The number of carbonyl (C=O) groups is 1. The summed E-state index contributed by atoms with van der Waals surface area (Å²) in [5.74, 6) is -0.135. The van der Waals surface area contributed by atoms with Gasteiger partial charge in [-0.15, -0.1) is 0 Å². The molecular weight excluding hydrogens is 232 g/mol. The number of methoxy groups -OCH3 is 1. The maximum atomic E-state index is 11.7. The van der Waals surface area contributed by atoms with Crippen LogP contribution in [-0.2, 0) is 14.3 Å². The van der Waals surface area contributed by atoms with Gasteiger partial charge in [-0.3, -0.25) is 9.69 Å². The predicted molar refractivity (Wildman–Crippen MR) is 70.6 cm³/mol. The van der Waals surface area contributed by atoms with Gasteiger partial charge in [-0.2, -0.15) is 0 Å². The smallest absolute Gasteiger partial charge is 0.320 e. The molecule has 1 aliphatic rings. The number of hydrogen-bond acceptors (Lipinski definition) is 5. The molecular formula is C13H26N2O3. The van der Waals surface area contributed by atoms with E-state index in [-0.39, 0.29) is 11.6 Å². The van der Waals surface area contributed by atoms with E-state index in [0.717, 1.165) is 39.0 Å². The minimum atomic E-state index is -0.229. The van der Waals surface area contributed by atoms with Crippen LogP contribution in [0.25, 0.3) is 0 Å². The number of esters is 1. The molecule has 0 radical (unpaired) electrons. The average Bonchev–Trinajstić information content (AvgIpc) is 2.57. The summed E-state index contributed by atoms with van der Waals surface area (Å²) in [6.45, 7) is 8.66. The van der Waals surface area contributed by atoms with Crippen molar-refractivity contribution in [1.82, 2.24) is 10.2 Å². The molecule has 18 heavy (non-hydrogen) atoms. The van der Waals surface area contributed by atoms with E-state index in [4.69, 9.17) is 9.47 Å². The fraction of sp³-hybridized carbons (Fsp3) is 0.923. The zero-order chi connectivity index (χ0) is 13.4. The highest BCUT2D eigenvalue weighted by Gasteiger charge is 2.18. The minimum Gasteiger partial charge on any atom is -0.465 e. The highest BCUT2D eigenvalue weighted by atomic mass is 16.5. The molecule has 1 rings (SSSR count). The second-order valence-corrected chi connectivity index (χ2v) is 5.31. The minimum absolute atomic E-state index is 0.135. The first-order valence-corrected chi connectivity index (χ1v) is 6.67. The summed E-state index contributed by atoms with van der Waals surface area (Å²) in [6.07, 6.45) is 1.81. The first-order chi connectivity index (χ1) is 8.53. The number of hydrogen-bond donors (Lipinski definition) is 1. The van der Waals surface area contributed by atoms with Gasteiger partial charge >= 0.3 is 5.97 Å². The van der Waals surface area contributed by atoms with E-state index in [1.807, 2.05) is 13.8 Å². The van der Waals surface area contributed by atoms with Crippen molar-refractivity contribution in [3.8, 4) is 0 Å². The van der Waals surface area contributed by atoms with Crippen molar-refractivity contribution < 1.29 is 14.3 Å². The number of ether oxygens (including phenoxy) is 2. The summed E-state index contributed by atoms with van der Waals surface area (Å²) >= 11 is 0. The summed E-state index contributed by atoms with van der Waals surface area (Å²) in [5.41, 5.74) is -0.229. The van der Waals surface area contributed by atoms with Crippen molar-refractivity contribution in [3.63, 3.8) is 0 Å². The van der Waals surface area contributed by atoms with Gasteiger partial charge in [0.2, 0.25) is 0 Å². The lowest BCUT2D eigenvalue weighted by molar-refractivity contribution is -0.146. The van der Waals surface area contributed by atoms with Gasteiger partial charge < -0.3 is 14.8 Å². The summed E-state index contributed by atoms with van der Waals surface area (Å²) < 4.78 is 10.5. The summed E-state index contributed by atoms with van der Waals surface area (Å²) in [6, 6.07) is 0. The molecule has 0 atom stereocenters. The zero-order valence-electron chi connectivity index (χ0n) is 11.8. The Morgan fingerprint density at radius 1 is 1.33 bits per heavy atom. The molecule has 1 N–H and O–H groups in total. The predicted octanol–water partition coefficient (Wildman–Crippen LogP) is 0.640. The van der Waals surface area contributed by atoms with Crippen LogP contribution in [0.1, 0.15) is 26.7 Å². The SMILES string of the molecule is COC(C)(C)CCOC(=O)CN1CCCNCC1. The van der Waals surface area contributed by atoms with Crippen molar-refractivity contribution in [3.05, 3.63) is 0 Å². The molecule has 0 amide bonds. The number of carbonyl (C=O) groups excluding carboxylic acids is 1. The largest absolute Gasteiger partial charge is 0.465 e. The summed E-state index contributed by atoms with van der Waals surface area (Å²) in [4.78, 5) is 13.8. The monoisotopic (exact) mass is 258 g/mol. The molecule has 5 heteroatoms. The molecule has 0 aromatic carbocycles. The van der Waals surface area contributed by atoms with Gasteiger partial charge in [0, 0.05) is 26.6 Å². The quantitative estimate of drug-likeness (QED) is 0.709. The molecule has 0 aromatic rings. The van der Waals surface area contributed by atoms with E-state index in [9.17, 15) is 4.79 Å². The Bertz CT molecular complexity index is 249. The van der Waals surface area contributed by atoms with Crippen LogP contribution in [0.4, 0.5) is 0 Å². The zero-order valence-corrected chi connectivity index (χ0v) is 11.8. The van der Waals surface area contributed by atoms with Crippen molar-refractivity contribution in [2.75, 3.05) is 46.4 Å². The Balaban J connectivity index is 2.16. The van der Waals surface area contributed by atoms with Crippen LogP contribution in [0.15, 0.2) is 0 Å². The van der Waals surface area contributed by atoms with Crippen molar-refractivity contribution >= 4 is 5.97 Å². The highest BCUT2D eigenvalue weighted by molar-refractivity contribution is 5.71. The molecule has 0 spiro atoms. The molecule has 1 aliphatic heterocycles. The standard InChI is InChI=1S/C13H26N2O3/c1-13(2,17-3)5-10-18-12(16)11-15-8-4-6-14-7-9-15/h14H,4-11H2,1-3H3. The summed E-state index contributed by atoms with van der Waals surface area (Å²) in [5, 5.41) is 3.31. The van der Waals surface area contributed by atoms with Crippen LogP contribution in [0, 0.1) is 0 Å². The Labute approximate surface area is 110 Å². The second kappa shape index (κ2) is 7.71. The second-order valence-electron chi connectivity index (χ2n) is 5.31. The van der Waals surface area contributed by atoms with Gasteiger partial charge in [0.15, 0.2) is 0 Å². The molecule has 0 unspecified atom stereocenters. The Hall–Kier alpha value is -0.650. The van der Waals surface area contributed by atoms with Crippen LogP contribution in [0.5, 0.6) is 0 Å². The van der Waals surface area contributed by atoms with E-state index in [2.05, 4.69) is 10.2 Å². The molecule has 5 nitrogen and oxygen atoms in total. The van der Waals surface area contributed by atoms with Gasteiger partial charge in [0.1, 0.15) is 0 Å². The Kier molecular flexibility index (Phi) is 6.60. The molecule has 1 saturated heterocycles. The topological polar surface area (TPSA) is 50.8 Å². The van der Waals surface area contributed by atoms with Gasteiger partial charge in [0.25, 0.3) is 0 Å². The molecule has 1 heterocycles. The lowest BCUT2D eigenvalue weighted by atomic mass is 10.1. The molecule has 106 valence electrons. The van der Waals surface area contributed by atoms with Crippen LogP contribution in [0.3, 0.4) is 0 Å². The number of nitrogens with one attached hydrogen (secondary N) is 1. The molecule has 0 bridgehead atoms. The third kappa shape index (κ3) is 6.33. The van der Waals surface area contributed by atoms with E-state index < -0.39 is 0 Å². The van der Waals surface area contributed by atoms with Crippen LogP contribution >= 0.6 is 0 Å². The maximum absolute atomic E-state index is 11.7. The summed E-state index contributed by atoms with van der Waals surface area (Å²) in [7, 11) is 1.67. The van der Waals surface area contributed by atoms with Crippen molar-refractivity contribution in [1.29, 1.82) is 0 Å². The van der Waals surface area contributed by atoms with E-state index in [1.165, 1.54) is 0 Å². The Morgan fingerprint density at radius 3 is 2.83 bits per heavy atom. The van der Waals surface area contributed by atoms with E-state index in [1.54, 1.807) is 7.11 Å². The van der Waals surface area contributed by atoms with Crippen molar-refractivity contribution in [2.24, 2.45) is 0 Å². The fourth-order valence-electron chi connectivity index (χ4n) is 1.80. The first kappa shape index (κ1) is 15.4. The molecule has 1 fully saturated rings. The lowest BCUT2D eigenvalue weighted by Gasteiger charge is -2.23. The highest BCUT2D eigenvalue weighted by Crippen LogP contribution is 2.12. The van der Waals surface area contributed by atoms with Crippen molar-refractivity contribution in [2.45, 2.75) is 32.3 Å². The molecule has 0 aromatic heterocycles. The third-order valence-electron chi connectivity index (χ3n) is 3.31. The van der Waals surface area contributed by atoms with E-state index >= 15 is 0 Å². The lowest BCUT2D eigenvalue weighted by Crippen LogP contribution is -2.34. The third-order valence-corrected chi connectivity index (χ3v) is 3.31. The Morgan fingerprint density at radius 2 is 2.11 bits per heavy atom. The molecule has 0 saturated carbocycles. The molecule has 0 aliphatic carbocycles. The van der Waals surface area contributed by atoms with Gasteiger partial charge in [0.05, 0.1) is 18.8 Å². The first-order valence-electron chi connectivity index (χ1n) is 6.67. The normalized spacial score (nSPS) is 18.4. The maximum Gasteiger partial charge on any atom is 0.320 e.